The van der Waals surface area contributed by atoms with Gasteiger partial charge >= 0.3 is 0 Å². The van der Waals surface area contributed by atoms with Gasteiger partial charge in [-0.25, -0.2) is 0 Å². The molecule has 2 aliphatic rings. The van der Waals surface area contributed by atoms with Gasteiger partial charge in [0.15, 0.2) is 12.6 Å². The van der Waals surface area contributed by atoms with Crippen LogP contribution in [0.25, 0.3) is 0 Å². The van der Waals surface area contributed by atoms with Crippen molar-refractivity contribution in [1.29, 1.82) is 0 Å². The maximum atomic E-state index is 12.8. The van der Waals surface area contributed by atoms with Gasteiger partial charge < -0.3 is 52.7 Å². The van der Waals surface area contributed by atoms with Crippen LogP contribution in [0.15, 0.2) is 182 Å². The third-order valence-electron chi connectivity index (χ3n) is 12.1. The molecule has 1 N–H and O–H groups in total. The number of methoxy groups -OCH3 is 1. The Bertz CT molecular complexity index is 2350. The smallest absolute Gasteiger partial charge is 0.217 e. The largest absolute Gasteiger partial charge is 0.374 e. The topological polar surface area (TPSA) is 121 Å². The molecule has 69 heavy (non-hydrogen) atoms. The monoisotopic (exact) mass is 937 g/mol. The zero-order chi connectivity index (χ0) is 47.5. The van der Waals surface area contributed by atoms with Crippen molar-refractivity contribution in [3.8, 4) is 0 Å². The minimum Gasteiger partial charge on any atom is -0.374 e. The van der Waals surface area contributed by atoms with E-state index in [4.69, 9.17) is 47.4 Å². The Kier molecular flexibility index (Phi) is 19.0. The fourth-order valence-electron chi connectivity index (χ4n) is 8.63. The molecule has 6 aromatic carbocycles. The summed E-state index contributed by atoms with van der Waals surface area (Å²) in [5.74, 6) is -0.268. The van der Waals surface area contributed by atoms with Crippen molar-refractivity contribution >= 4 is 5.91 Å². The minimum absolute atomic E-state index is 0.0499. The van der Waals surface area contributed by atoms with Crippen molar-refractivity contribution in [3.05, 3.63) is 215 Å². The van der Waals surface area contributed by atoms with E-state index >= 15 is 0 Å². The first-order chi connectivity index (χ1) is 34.0. The third kappa shape index (κ3) is 14.7. The van der Waals surface area contributed by atoms with E-state index in [9.17, 15) is 4.79 Å². The molecule has 0 saturated carbocycles. The average molecular weight is 938 g/mol. The predicted octanol–water partition coefficient (Wildman–Crippen LogP) is 8.75. The predicted molar refractivity (Wildman–Crippen MR) is 259 cm³/mol. The number of carbonyl (C=O) groups is 1. The van der Waals surface area contributed by atoms with E-state index in [-0.39, 0.29) is 45.5 Å². The van der Waals surface area contributed by atoms with Crippen molar-refractivity contribution in [2.45, 2.75) is 108 Å². The summed E-state index contributed by atoms with van der Waals surface area (Å²) >= 11 is 0. The lowest BCUT2D eigenvalue weighted by molar-refractivity contribution is -0.342. The van der Waals surface area contributed by atoms with Crippen LogP contribution >= 0.6 is 0 Å². The van der Waals surface area contributed by atoms with Crippen molar-refractivity contribution in [2.24, 2.45) is 0 Å². The second-order valence-corrected chi connectivity index (χ2v) is 17.2. The van der Waals surface area contributed by atoms with Crippen molar-refractivity contribution in [2.75, 3.05) is 20.3 Å². The van der Waals surface area contributed by atoms with Crippen LogP contribution in [0.5, 0.6) is 0 Å². The number of hydrogen-bond donors (Lipinski definition) is 1. The van der Waals surface area contributed by atoms with Gasteiger partial charge in [-0.1, -0.05) is 182 Å². The van der Waals surface area contributed by atoms with E-state index in [2.05, 4.69) is 5.32 Å². The highest BCUT2D eigenvalue weighted by atomic mass is 16.7. The summed E-state index contributed by atoms with van der Waals surface area (Å²) in [4.78, 5) is 12.8. The highest BCUT2D eigenvalue weighted by Gasteiger charge is 2.52. The van der Waals surface area contributed by atoms with Gasteiger partial charge in [0.25, 0.3) is 0 Å². The number of hydrogen-bond acceptors (Lipinski definition) is 11. The molecule has 8 rings (SSSR count). The summed E-state index contributed by atoms with van der Waals surface area (Å²) in [6.45, 7) is 3.21. The fraction of sp³-hybridized carbons (Fsp3) is 0.351. The average Bonchev–Trinajstić information content (AvgIpc) is 3.39. The molecule has 12 nitrogen and oxygen atoms in total. The number of rotatable bonds is 24. The van der Waals surface area contributed by atoms with Crippen LogP contribution in [0, 0.1) is 0 Å². The lowest BCUT2D eigenvalue weighted by atomic mass is 9.95. The van der Waals surface area contributed by atoms with Gasteiger partial charge in [-0.2, -0.15) is 0 Å². The zero-order valence-corrected chi connectivity index (χ0v) is 39.2. The van der Waals surface area contributed by atoms with Gasteiger partial charge in [-0.05, 0) is 33.4 Å². The Morgan fingerprint density at radius 2 is 0.739 bits per heavy atom. The summed E-state index contributed by atoms with van der Waals surface area (Å²) in [5.41, 5.74) is 5.87. The van der Waals surface area contributed by atoms with E-state index in [1.807, 2.05) is 182 Å². The Morgan fingerprint density at radius 3 is 1.14 bits per heavy atom. The lowest BCUT2D eigenvalue weighted by Gasteiger charge is -2.48. The number of ether oxygens (including phenoxy) is 10. The minimum atomic E-state index is -1.02. The molecule has 2 saturated heterocycles. The quantitative estimate of drug-likeness (QED) is 0.0628. The summed E-state index contributed by atoms with van der Waals surface area (Å²) < 4.78 is 67.4. The standard InChI is InChI=1S/C57H63NO11/c1-41(59)58-50-53(64-36-45-27-15-6-16-28-45)51(62-34-43-23-11-4-12-24-43)49(68-56(50)60-2)40-67-57-55(66-38-47-31-19-8-20-32-47)54(65-37-46-29-17-7-18-30-46)52(63-35-44-25-13-5-14-26-44)48(69-57)39-61-33-42-21-9-3-10-22-42/h3-32,48-57H,33-40H2,1-2H3,(H,58,59)/t48-,49-,50-,51-,52-,53-,54+,55-,56+,57+/m1/s1. The Hall–Kier alpha value is -5.61. The summed E-state index contributed by atoms with van der Waals surface area (Å²) in [5, 5.41) is 3.04. The molecule has 362 valence electrons. The second-order valence-electron chi connectivity index (χ2n) is 17.2. The molecule has 0 aliphatic carbocycles. The summed E-state index contributed by atoms with van der Waals surface area (Å²) in [6.07, 6.45) is -7.09. The fourth-order valence-corrected chi connectivity index (χ4v) is 8.63. The molecule has 0 aromatic heterocycles. The number of benzene rings is 6. The second kappa shape index (κ2) is 26.4. The zero-order valence-electron chi connectivity index (χ0n) is 39.2. The van der Waals surface area contributed by atoms with Gasteiger partial charge in [0.2, 0.25) is 5.91 Å². The maximum Gasteiger partial charge on any atom is 0.217 e. The maximum absolute atomic E-state index is 12.8. The van der Waals surface area contributed by atoms with Gasteiger partial charge in [-0.3, -0.25) is 4.79 Å². The Balaban J connectivity index is 1.13. The molecule has 0 unspecified atom stereocenters. The van der Waals surface area contributed by atoms with Gasteiger partial charge in [-0.15, -0.1) is 0 Å². The molecular formula is C57H63NO11. The number of carbonyl (C=O) groups excluding carboxylic acids is 1. The Morgan fingerprint density at radius 1 is 0.406 bits per heavy atom. The van der Waals surface area contributed by atoms with Crippen LogP contribution in [0.1, 0.15) is 40.3 Å². The van der Waals surface area contributed by atoms with Crippen LogP contribution in [-0.2, 0) is 91.8 Å². The molecule has 1 amide bonds. The Labute approximate surface area is 405 Å². The van der Waals surface area contributed by atoms with E-state index in [1.54, 1.807) is 7.11 Å². The first-order valence-electron chi connectivity index (χ1n) is 23.6. The first kappa shape index (κ1) is 49.8. The van der Waals surface area contributed by atoms with Crippen LogP contribution < -0.4 is 5.32 Å². The van der Waals surface area contributed by atoms with Crippen LogP contribution in [0.3, 0.4) is 0 Å². The molecule has 0 radical (unpaired) electrons. The molecule has 0 spiro atoms. The van der Waals surface area contributed by atoms with Crippen molar-refractivity contribution < 1.29 is 52.2 Å². The van der Waals surface area contributed by atoms with Crippen LogP contribution in [0.4, 0.5) is 0 Å². The molecule has 12 heteroatoms. The van der Waals surface area contributed by atoms with Crippen LogP contribution in [0.2, 0.25) is 0 Å². The summed E-state index contributed by atoms with van der Waals surface area (Å²) in [6, 6.07) is 59.0. The molecule has 0 bridgehead atoms. The normalized spacial score (nSPS) is 24.7. The van der Waals surface area contributed by atoms with E-state index < -0.39 is 61.3 Å². The molecule has 6 aromatic rings. The molecular weight excluding hydrogens is 875 g/mol. The number of amides is 1. The lowest BCUT2D eigenvalue weighted by Crippen LogP contribution is -2.66. The SMILES string of the molecule is CO[C@H]1O[C@H](CO[C@H]2O[C@H](COCc3ccccc3)[C@@H](OCc3ccccc3)[C@H](OCc3ccccc3)[C@H]2OCc2ccccc2)[C@@H](OCc2ccccc2)[C@H](OCc2ccccc2)[C@H]1NC(C)=O. The molecule has 2 heterocycles. The highest BCUT2D eigenvalue weighted by Crippen LogP contribution is 2.34. The van der Waals surface area contributed by atoms with Crippen molar-refractivity contribution in [3.63, 3.8) is 0 Å². The van der Waals surface area contributed by atoms with Crippen molar-refractivity contribution in [1.82, 2.24) is 5.32 Å². The highest BCUT2D eigenvalue weighted by molar-refractivity contribution is 5.73. The third-order valence-corrected chi connectivity index (χ3v) is 12.1. The first-order valence-corrected chi connectivity index (χ1v) is 23.6. The molecule has 2 fully saturated rings. The van der Waals surface area contributed by atoms with Gasteiger partial charge in [0.05, 0.1) is 52.9 Å². The van der Waals surface area contributed by atoms with Gasteiger partial charge in [0.1, 0.15) is 48.8 Å². The molecule has 2 aliphatic heterocycles. The van der Waals surface area contributed by atoms with Gasteiger partial charge in [0, 0.05) is 14.0 Å². The van der Waals surface area contributed by atoms with Crippen LogP contribution in [-0.4, -0.2) is 87.6 Å². The molecule has 10 atom stereocenters. The number of nitrogens with one attached hydrogen (secondary N) is 1. The van der Waals surface area contributed by atoms with E-state index in [0.717, 1.165) is 33.4 Å². The van der Waals surface area contributed by atoms with E-state index in [0.29, 0.717) is 13.2 Å². The summed E-state index contributed by atoms with van der Waals surface area (Å²) in [7, 11) is 1.54. The van der Waals surface area contributed by atoms with E-state index in [1.165, 1.54) is 6.92 Å².